The largest absolute Gasteiger partial charge is 0.495 e. The normalized spacial score (nSPS) is 11.7. The van der Waals surface area contributed by atoms with Gasteiger partial charge in [0.2, 0.25) is 5.95 Å². The van der Waals surface area contributed by atoms with Crippen molar-refractivity contribution in [2.24, 2.45) is 0 Å². The van der Waals surface area contributed by atoms with Gasteiger partial charge >= 0.3 is 0 Å². The Labute approximate surface area is 164 Å². The molecule has 0 saturated heterocycles. The minimum Gasteiger partial charge on any atom is -0.495 e. The van der Waals surface area contributed by atoms with Crippen molar-refractivity contribution < 1.29 is 4.74 Å². The predicted molar refractivity (Wildman–Crippen MR) is 110 cm³/mol. The molecule has 27 heavy (non-hydrogen) atoms. The number of nitrogens with zero attached hydrogens (tertiary/aromatic N) is 3. The average Bonchev–Trinajstić information content (AvgIpc) is 2.68. The number of ether oxygens (including phenoxy) is 1. The van der Waals surface area contributed by atoms with Crippen LogP contribution in [0.4, 0.5) is 17.5 Å². The Morgan fingerprint density at radius 3 is 2.74 bits per heavy atom. The number of nitrogens with one attached hydrogen (secondary N) is 2. The Morgan fingerprint density at radius 2 is 2.04 bits per heavy atom. The van der Waals surface area contributed by atoms with Crippen molar-refractivity contribution in [2.75, 3.05) is 17.7 Å². The summed E-state index contributed by atoms with van der Waals surface area (Å²) in [6.45, 7) is 4.20. The summed E-state index contributed by atoms with van der Waals surface area (Å²) in [4.78, 5) is 13.4. The highest BCUT2D eigenvalue weighted by atomic mass is 35.5. The fourth-order valence-electron chi connectivity index (χ4n) is 2.48. The molecule has 2 N–H and O–H groups in total. The van der Waals surface area contributed by atoms with Crippen LogP contribution in [0.3, 0.4) is 0 Å². The number of pyridine rings is 1. The van der Waals surface area contributed by atoms with Crippen molar-refractivity contribution in [1.82, 2.24) is 15.0 Å². The first-order valence-corrected chi connectivity index (χ1v) is 9.13. The van der Waals surface area contributed by atoms with Crippen molar-refractivity contribution in [3.63, 3.8) is 0 Å². The smallest absolute Gasteiger partial charge is 0.225 e. The van der Waals surface area contributed by atoms with E-state index in [9.17, 15) is 0 Å². The first-order valence-electron chi connectivity index (χ1n) is 8.75. The molecule has 140 valence electrons. The molecule has 6 nitrogen and oxygen atoms in total. The van der Waals surface area contributed by atoms with Crippen molar-refractivity contribution >= 4 is 29.1 Å². The van der Waals surface area contributed by atoms with Crippen LogP contribution in [0.15, 0.2) is 48.8 Å². The van der Waals surface area contributed by atoms with Gasteiger partial charge in [-0.1, -0.05) is 18.5 Å². The SMILES string of the molecule is CC[C@@H](C)Nc1nc(Nc2cc(Cl)ccc2OC)cc(-c2cccnc2)n1. The van der Waals surface area contributed by atoms with Gasteiger partial charge in [0, 0.05) is 35.1 Å². The zero-order chi connectivity index (χ0) is 19.2. The zero-order valence-electron chi connectivity index (χ0n) is 15.5. The Morgan fingerprint density at radius 1 is 1.19 bits per heavy atom. The Balaban J connectivity index is 2.01. The molecule has 2 aromatic heterocycles. The van der Waals surface area contributed by atoms with E-state index in [1.807, 2.05) is 24.3 Å². The van der Waals surface area contributed by atoms with E-state index >= 15 is 0 Å². The van der Waals surface area contributed by atoms with Gasteiger partial charge in [-0.15, -0.1) is 0 Å². The van der Waals surface area contributed by atoms with E-state index in [-0.39, 0.29) is 6.04 Å². The molecule has 3 rings (SSSR count). The first-order chi connectivity index (χ1) is 13.1. The number of hydrogen-bond donors (Lipinski definition) is 2. The molecule has 0 aliphatic heterocycles. The van der Waals surface area contributed by atoms with Gasteiger partial charge in [0.25, 0.3) is 0 Å². The standard InChI is InChI=1S/C20H22ClN5O/c1-4-13(2)23-20-25-16(14-6-5-9-22-12-14)11-19(26-20)24-17-10-15(21)7-8-18(17)27-3/h5-13H,4H2,1-3H3,(H2,23,24,25,26)/t13-/m1/s1. The third kappa shape index (κ3) is 4.86. The molecule has 0 amide bonds. The maximum atomic E-state index is 6.14. The molecular weight excluding hydrogens is 362 g/mol. The minimum absolute atomic E-state index is 0.253. The molecule has 3 aromatic rings. The molecule has 0 aliphatic carbocycles. The molecule has 0 aliphatic rings. The summed E-state index contributed by atoms with van der Waals surface area (Å²) in [6.07, 6.45) is 4.48. The van der Waals surface area contributed by atoms with Gasteiger partial charge in [-0.2, -0.15) is 4.98 Å². The van der Waals surface area contributed by atoms with Crippen LogP contribution in [0.25, 0.3) is 11.3 Å². The summed E-state index contributed by atoms with van der Waals surface area (Å²) in [5, 5.41) is 7.22. The Hall–Kier alpha value is -2.86. The van der Waals surface area contributed by atoms with Crippen LogP contribution in [0.1, 0.15) is 20.3 Å². The van der Waals surface area contributed by atoms with E-state index in [0.717, 1.165) is 23.4 Å². The molecule has 0 unspecified atom stereocenters. The first kappa shape index (κ1) is 18.9. The topological polar surface area (TPSA) is 72.0 Å². The van der Waals surface area contributed by atoms with Gasteiger partial charge in [-0.05, 0) is 43.7 Å². The van der Waals surface area contributed by atoms with E-state index in [2.05, 4.69) is 39.4 Å². The highest BCUT2D eigenvalue weighted by Crippen LogP contribution is 2.31. The summed E-state index contributed by atoms with van der Waals surface area (Å²) < 4.78 is 5.41. The monoisotopic (exact) mass is 383 g/mol. The van der Waals surface area contributed by atoms with Gasteiger partial charge in [-0.25, -0.2) is 4.98 Å². The van der Waals surface area contributed by atoms with Crippen molar-refractivity contribution in [3.05, 3.63) is 53.8 Å². The summed E-state index contributed by atoms with van der Waals surface area (Å²) in [6, 6.07) is 11.4. The summed E-state index contributed by atoms with van der Waals surface area (Å²) in [7, 11) is 1.62. The number of rotatable bonds is 7. The maximum Gasteiger partial charge on any atom is 0.225 e. The van der Waals surface area contributed by atoms with Crippen LogP contribution in [-0.2, 0) is 0 Å². The lowest BCUT2D eigenvalue weighted by Gasteiger charge is -2.15. The number of hydrogen-bond acceptors (Lipinski definition) is 6. The van der Waals surface area contributed by atoms with Crippen molar-refractivity contribution in [2.45, 2.75) is 26.3 Å². The number of aromatic nitrogens is 3. The van der Waals surface area contributed by atoms with Crippen LogP contribution in [0.5, 0.6) is 5.75 Å². The van der Waals surface area contributed by atoms with Gasteiger partial charge in [0.05, 0.1) is 18.5 Å². The Bertz CT molecular complexity index is 904. The van der Waals surface area contributed by atoms with Crippen LogP contribution < -0.4 is 15.4 Å². The number of benzene rings is 1. The van der Waals surface area contributed by atoms with Gasteiger partial charge < -0.3 is 15.4 Å². The summed E-state index contributed by atoms with van der Waals surface area (Å²) >= 11 is 6.14. The molecule has 0 radical (unpaired) electrons. The lowest BCUT2D eigenvalue weighted by molar-refractivity contribution is 0.417. The third-order valence-corrected chi connectivity index (χ3v) is 4.33. The van der Waals surface area contributed by atoms with Gasteiger partial charge in [0.15, 0.2) is 0 Å². The molecule has 7 heteroatoms. The van der Waals surface area contributed by atoms with E-state index in [4.69, 9.17) is 16.3 Å². The lowest BCUT2D eigenvalue weighted by atomic mass is 10.2. The second-order valence-electron chi connectivity index (χ2n) is 6.13. The van der Waals surface area contributed by atoms with Gasteiger partial charge in [-0.3, -0.25) is 4.98 Å². The fraction of sp³-hybridized carbons (Fsp3) is 0.250. The molecule has 0 fully saturated rings. The lowest BCUT2D eigenvalue weighted by Crippen LogP contribution is -2.16. The number of halogens is 1. The Kier molecular flexibility index (Phi) is 6.08. The van der Waals surface area contributed by atoms with Gasteiger partial charge in [0.1, 0.15) is 11.6 Å². The summed E-state index contributed by atoms with van der Waals surface area (Å²) in [5.41, 5.74) is 2.41. The zero-order valence-corrected chi connectivity index (χ0v) is 16.3. The highest BCUT2D eigenvalue weighted by Gasteiger charge is 2.11. The van der Waals surface area contributed by atoms with E-state index in [0.29, 0.717) is 22.5 Å². The molecule has 2 heterocycles. The predicted octanol–water partition coefficient (Wildman–Crippen LogP) is 5.15. The molecule has 1 aromatic carbocycles. The molecule has 0 saturated carbocycles. The second-order valence-corrected chi connectivity index (χ2v) is 6.56. The molecular formula is C20H22ClN5O. The van der Waals surface area contributed by atoms with E-state index < -0.39 is 0 Å². The van der Waals surface area contributed by atoms with E-state index in [1.54, 1.807) is 31.6 Å². The molecule has 1 atom stereocenters. The quantitative estimate of drug-likeness (QED) is 0.587. The third-order valence-electron chi connectivity index (χ3n) is 4.10. The molecule has 0 spiro atoms. The second kappa shape index (κ2) is 8.68. The van der Waals surface area contributed by atoms with Crippen molar-refractivity contribution in [3.8, 4) is 17.0 Å². The summed E-state index contributed by atoms with van der Waals surface area (Å²) in [5.74, 6) is 1.86. The number of anilines is 3. The van der Waals surface area contributed by atoms with Crippen molar-refractivity contribution in [1.29, 1.82) is 0 Å². The van der Waals surface area contributed by atoms with Crippen LogP contribution >= 0.6 is 11.6 Å². The van der Waals surface area contributed by atoms with Crippen LogP contribution in [0.2, 0.25) is 5.02 Å². The van der Waals surface area contributed by atoms with Crippen LogP contribution in [-0.4, -0.2) is 28.1 Å². The fourth-order valence-corrected chi connectivity index (χ4v) is 2.65. The maximum absolute atomic E-state index is 6.14. The molecule has 0 bridgehead atoms. The minimum atomic E-state index is 0.253. The highest BCUT2D eigenvalue weighted by molar-refractivity contribution is 6.31. The number of methoxy groups -OCH3 is 1. The van der Waals surface area contributed by atoms with E-state index in [1.165, 1.54) is 0 Å². The average molecular weight is 384 g/mol. The van der Waals surface area contributed by atoms with Crippen LogP contribution in [0, 0.1) is 0 Å².